The number of guanidine groups is 1. The summed E-state index contributed by atoms with van der Waals surface area (Å²) in [5, 5.41) is 6.17. The predicted octanol–water partition coefficient (Wildman–Crippen LogP) is 3.18. The number of aliphatic imine (C=N–C) groups is 1. The van der Waals surface area contributed by atoms with Crippen LogP contribution in [0.3, 0.4) is 0 Å². The number of para-hydroxylation sites is 2. The molecule has 0 bridgehead atoms. The Morgan fingerprint density at radius 2 is 1.68 bits per heavy atom. The summed E-state index contributed by atoms with van der Waals surface area (Å²) in [6.07, 6.45) is 0. The number of methoxy groups -OCH3 is 1. The summed E-state index contributed by atoms with van der Waals surface area (Å²) in [7, 11) is 3.26. The summed E-state index contributed by atoms with van der Waals surface area (Å²) < 4.78 is 40.4. The first kappa shape index (κ1) is 21.4. The maximum absolute atomic E-state index is 12.5. The van der Waals surface area contributed by atoms with Gasteiger partial charge in [-0.15, -0.1) is 0 Å². The maximum Gasteiger partial charge on any atom is 0.387 e. The lowest BCUT2D eigenvalue weighted by Gasteiger charge is -2.14. The van der Waals surface area contributed by atoms with Crippen molar-refractivity contribution in [1.82, 2.24) is 10.6 Å². The molecule has 6 nitrogen and oxygen atoms in total. The molecular weight excluding hydrogens is 368 g/mol. The van der Waals surface area contributed by atoms with Crippen molar-refractivity contribution >= 4 is 5.96 Å². The summed E-state index contributed by atoms with van der Waals surface area (Å²) in [5.74, 6) is 1.46. The van der Waals surface area contributed by atoms with E-state index in [-0.39, 0.29) is 5.75 Å². The summed E-state index contributed by atoms with van der Waals surface area (Å²) in [6, 6.07) is 14.3. The standard InChI is InChI=1S/C20H25F2N3O3/c1-23-20(25-13-15-7-3-6-10-18(15)28-19(21)22)24-11-12-27-14-16-8-4-5-9-17(16)26-2/h3-10,19H,11-14H2,1-2H3,(H2,23,24,25). The fourth-order valence-electron chi connectivity index (χ4n) is 2.51. The number of halogens is 2. The van der Waals surface area contributed by atoms with E-state index in [1.165, 1.54) is 6.07 Å². The van der Waals surface area contributed by atoms with Crippen LogP contribution in [-0.2, 0) is 17.9 Å². The monoisotopic (exact) mass is 393 g/mol. The second-order valence-corrected chi connectivity index (χ2v) is 5.70. The van der Waals surface area contributed by atoms with Crippen LogP contribution in [-0.4, -0.2) is 39.9 Å². The Labute approximate surface area is 163 Å². The lowest BCUT2D eigenvalue weighted by atomic mass is 10.2. The Kier molecular flexibility index (Phi) is 9.00. The van der Waals surface area contributed by atoms with E-state index in [0.717, 1.165) is 11.3 Å². The molecule has 0 amide bonds. The molecule has 2 aromatic rings. The van der Waals surface area contributed by atoms with Crippen molar-refractivity contribution in [2.24, 2.45) is 4.99 Å². The minimum absolute atomic E-state index is 0.139. The molecule has 152 valence electrons. The van der Waals surface area contributed by atoms with E-state index in [1.807, 2.05) is 24.3 Å². The van der Waals surface area contributed by atoms with Gasteiger partial charge in [0.05, 0.1) is 20.3 Å². The molecular formula is C20H25F2N3O3. The quantitative estimate of drug-likeness (QED) is 0.369. The van der Waals surface area contributed by atoms with E-state index in [2.05, 4.69) is 20.4 Å². The van der Waals surface area contributed by atoms with Crippen molar-refractivity contribution in [3.63, 3.8) is 0 Å². The first-order valence-electron chi connectivity index (χ1n) is 8.81. The van der Waals surface area contributed by atoms with Gasteiger partial charge in [-0.2, -0.15) is 8.78 Å². The van der Waals surface area contributed by atoms with Crippen LogP contribution in [0.4, 0.5) is 8.78 Å². The summed E-state index contributed by atoms with van der Waals surface area (Å²) >= 11 is 0. The Morgan fingerprint density at radius 1 is 1.00 bits per heavy atom. The molecule has 8 heteroatoms. The van der Waals surface area contributed by atoms with Gasteiger partial charge in [-0.3, -0.25) is 4.99 Å². The normalized spacial score (nSPS) is 11.4. The molecule has 0 aliphatic rings. The van der Waals surface area contributed by atoms with E-state index >= 15 is 0 Å². The average Bonchev–Trinajstić information content (AvgIpc) is 2.71. The summed E-state index contributed by atoms with van der Waals surface area (Å²) in [6.45, 7) is -1.13. The van der Waals surface area contributed by atoms with Gasteiger partial charge in [0, 0.05) is 31.3 Å². The van der Waals surface area contributed by atoms with Gasteiger partial charge in [0.25, 0.3) is 0 Å². The molecule has 0 heterocycles. The van der Waals surface area contributed by atoms with E-state index < -0.39 is 6.61 Å². The van der Waals surface area contributed by atoms with Crippen LogP contribution in [0.25, 0.3) is 0 Å². The van der Waals surface area contributed by atoms with Crippen LogP contribution in [0.15, 0.2) is 53.5 Å². The Bertz CT molecular complexity index is 757. The van der Waals surface area contributed by atoms with Gasteiger partial charge in [0.1, 0.15) is 11.5 Å². The van der Waals surface area contributed by atoms with Gasteiger partial charge < -0.3 is 24.8 Å². The maximum atomic E-state index is 12.5. The lowest BCUT2D eigenvalue weighted by Crippen LogP contribution is -2.38. The number of nitrogens with zero attached hydrogens (tertiary/aromatic N) is 1. The number of nitrogens with one attached hydrogen (secondary N) is 2. The smallest absolute Gasteiger partial charge is 0.387 e. The molecule has 0 radical (unpaired) electrons. The number of ether oxygens (including phenoxy) is 3. The first-order valence-corrected chi connectivity index (χ1v) is 8.81. The molecule has 2 rings (SSSR count). The molecule has 2 N–H and O–H groups in total. The molecule has 0 aliphatic carbocycles. The average molecular weight is 393 g/mol. The van der Waals surface area contributed by atoms with Crippen molar-refractivity contribution in [2.75, 3.05) is 27.3 Å². The van der Waals surface area contributed by atoms with Crippen LogP contribution in [0.2, 0.25) is 0 Å². The van der Waals surface area contributed by atoms with E-state index in [4.69, 9.17) is 9.47 Å². The number of alkyl halides is 2. The minimum Gasteiger partial charge on any atom is -0.496 e. The summed E-state index contributed by atoms with van der Waals surface area (Å²) in [4.78, 5) is 4.11. The topological polar surface area (TPSA) is 64.1 Å². The third kappa shape index (κ3) is 7.03. The van der Waals surface area contributed by atoms with Crippen molar-refractivity contribution in [1.29, 1.82) is 0 Å². The molecule has 0 saturated heterocycles. The van der Waals surface area contributed by atoms with E-state index in [9.17, 15) is 8.78 Å². The van der Waals surface area contributed by atoms with Crippen molar-refractivity contribution < 1.29 is 23.0 Å². The number of hydrogen-bond donors (Lipinski definition) is 2. The highest BCUT2D eigenvalue weighted by Gasteiger charge is 2.09. The largest absolute Gasteiger partial charge is 0.496 e. The van der Waals surface area contributed by atoms with Gasteiger partial charge in [-0.1, -0.05) is 36.4 Å². The van der Waals surface area contributed by atoms with Crippen molar-refractivity contribution in [3.8, 4) is 11.5 Å². The zero-order valence-electron chi connectivity index (χ0n) is 16.0. The number of rotatable bonds is 10. The highest BCUT2D eigenvalue weighted by molar-refractivity contribution is 5.79. The number of hydrogen-bond acceptors (Lipinski definition) is 4. The van der Waals surface area contributed by atoms with Crippen LogP contribution >= 0.6 is 0 Å². The molecule has 0 spiro atoms. The second-order valence-electron chi connectivity index (χ2n) is 5.70. The van der Waals surface area contributed by atoms with Gasteiger partial charge in [0.15, 0.2) is 5.96 Å². The Balaban J connectivity index is 1.73. The van der Waals surface area contributed by atoms with E-state index in [1.54, 1.807) is 32.4 Å². The van der Waals surface area contributed by atoms with Crippen LogP contribution in [0.1, 0.15) is 11.1 Å². The van der Waals surface area contributed by atoms with Gasteiger partial charge in [0.2, 0.25) is 0 Å². The Hall–Kier alpha value is -2.87. The Morgan fingerprint density at radius 3 is 2.36 bits per heavy atom. The molecule has 0 fully saturated rings. The van der Waals surface area contributed by atoms with Crippen LogP contribution in [0, 0.1) is 0 Å². The second kappa shape index (κ2) is 11.8. The van der Waals surface area contributed by atoms with Gasteiger partial charge in [-0.05, 0) is 12.1 Å². The molecule has 28 heavy (non-hydrogen) atoms. The van der Waals surface area contributed by atoms with Crippen LogP contribution < -0.4 is 20.1 Å². The molecule has 2 aromatic carbocycles. The van der Waals surface area contributed by atoms with Crippen molar-refractivity contribution in [2.45, 2.75) is 19.8 Å². The zero-order chi connectivity index (χ0) is 20.2. The predicted molar refractivity (Wildman–Crippen MR) is 104 cm³/mol. The van der Waals surface area contributed by atoms with Crippen molar-refractivity contribution in [3.05, 3.63) is 59.7 Å². The summed E-state index contributed by atoms with van der Waals surface area (Å²) in [5.41, 5.74) is 1.58. The third-order valence-corrected chi connectivity index (χ3v) is 3.85. The lowest BCUT2D eigenvalue weighted by molar-refractivity contribution is -0.0504. The highest BCUT2D eigenvalue weighted by Crippen LogP contribution is 2.20. The third-order valence-electron chi connectivity index (χ3n) is 3.85. The molecule has 0 aromatic heterocycles. The number of benzene rings is 2. The molecule has 0 atom stereocenters. The molecule has 0 unspecified atom stereocenters. The fourth-order valence-corrected chi connectivity index (χ4v) is 2.51. The SMILES string of the molecule is CN=C(NCCOCc1ccccc1OC)NCc1ccccc1OC(F)F. The van der Waals surface area contributed by atoms with Gasteiger partial charge in [-0.25, -0.2) is 0 Å². The first-order chi connectivity index (χ1) is 13.6. The minimum atomic E-state index is -2.86. The molecule has 0 aliphatic heterocycles. The highest BCUT2D eigenvalue weighted by atomic mass is 19.3. The fraction of sp³-hybridized carbons (Fsp3) is 0.350. The zero-order valence-corrected chi connectivity index (χ0v) is 16.0. The van der Waals surface area contributed by atoms with Crippen LogP contribution in [0.5, 0.6) is 11.5 Å². The molecule has 0 saturated carbocycles. The van der Waals surface area contributed by atoms with E-state index in [0.29, 0.717) is 37.8 Å². The van der Waals surface area contributed by atoms with Gasteiger partial charge >= 0.3 is 6.61 Å².